The normalized spacial score (nSPS) is 9.57. The summed E-state index contributed by atoms with van der Waals surface area (Å²) < 4.78 is 0. The van der Waals surface area contributed by atoms with Crippen molar-refractivity contribution in [1.29, 1.82) is 0 Å². The van der Waals surface area contributed by atoms with E-state index >= 15 is 0 Å². The van der Waals surface area contributed by atoms with Gasteiger partial charge in [-0.1, -0.05) is 0 Å². The van der Waals surface area contributed by atoms with Crippen LogP contribution in [0, 0.1) is 17.2 Å². The molecular weight excluding hydrogens is 82.9 g/mol. The van der Waals surface area contributed by atoms with Crippen LogP contribution >= 0.6 is 0 Å². The maximum Gasteiger partial charge on any atom is 0.195 e. The number of rotatable bonds is 0. The molecule has 0 aromatic heterocycles. The second kappa shape index (κ2) is 2.07. The van der Waals surface area contributed by atoms with Crippen molar-refractivity contribution in [3.05, 3.63) is 0 Å². The molecule has 7 heavy (non-hydrogen) atoms. The second-order valence-corrected chi connectivity index (χ2v) is 2.62. The van der Waals surface area contributed by atoms with Crippen molar-refractivity contribution in [2.45, 2.75) is 20.8 Å². The molecule has 0 aliphatic rings. The standard InChI is InChI=1S/C6H11B/c1-6(2,3)4-5-7/h7H2,1-3H3. The van der Waals surface area contributed by atoms with Gasteiger partial charge < -0.3 is 0 Å². The number of hydrogen-bond donors (Lipinski definition) is 0. The van der Waals surface area contributed by atoms with Gasteiger partial charge in [-0.2, -0.15) is 5.82 Å². The summed E-state index contributed by atoms with van der Waals surface area (Å²) in [6, 6.07) is 0. The van der Waals surface area contributed by atoms with Gasteiger partial charge in [0.25, 0.3) is 0 Å². The van der Waals surface area contributed by atoms with Crippen LogP contribution in [0.1, 0.15) is 20.8 Å². The van der Waals surface area contributed by atoms with E-state index in [0.29, 0.717) is 0 Å². The molecule has 1 heteroatoms. The first-order valence-electron chi connectivity index (χ1n) is 2.50. The van der Waals surface area contributed by atoms with E-state index in [1.807, 2.05) is 7.85 Å². The molecule has 0 aliphatic carbocycles. The van der Waals surface area contributed by atoms with Crippen LogP contribution < -0.4 is 0 Å². The van der Waals surface area contributed by atoms with Crippen LogP contribution in [0.25, 0.3) is 0 Å². The van der Waals surface area contributed by atoms with Crippen LogP contribution in [0.2, 0.25) is 0 Å². The lowest BCUT2D eigenvalue weighted by Gasteiger charge is -2.05. The Bertz CT molecular complexity index is 97.6. The molecule has 0 atom stereocenters. The van der Waals surface area contributed by atoms with Crippen LogP contribution in [-0.4, -0.2) is 7.85 Å². The smallest absolute Gasteiger partial charge is 0.165 e. The van der Waals surface area contributed by atoms with E-state index in [1.54, 1.807) is 0 Å². The van der Waals surface area contributed by atoms with E-state index in [-0.39, 0.29) is 5.41 Å². The van der Waals surface area contributed by atoms with Gasteiger partial charge in [0, 0.05) is 5.41 Å². The van der Waals surface area contributed by atoms with Gasteiger partial charge in [0.1, 0.15) is 0 Å². The fourth-order valence-corrected chi connectivity index (χ4v) is 0.375. The molecule has 38 valence electrons. The van der Waals surface area contributed by atoms with E-state index in [9.17, 15) is 0 Å². The second-order valence-electron chi connectivity index (χ2n) is 2.62. The summed E-state index contributed by atoms with van der Waals surface area (Å²) in [5.74, 6) is 5.89. The fourth-order valence-electron chi connectivity index (χ4n) is 0.375. The molecule has 0 aromatic rings. The predicted octanol–water partition coefficient (Wildman–Crippen LogP) is 0.626. The first kappa shape index (κ1) is 6.62. The maximum atomic E-state index is 3.03. The summed E-state index contributed by atoms with van der Waals surface area (Å²) in [5.41, 5.74) is 0.189. The Labute approximate surface area is 46.7 Å². The highest BCUT2D eigenvalue weighted by atomic mass is 14.0. The third-order valence-corrected chi connectivity index (χ3v) is 0.500. The summed E-state index contributed by atoms with van der Waals surface area (Å²) in [6.45, 7) is 6.30. The maximum absolute atomic E-state index is 3.03. The lowest BCUT2D eigenvalue weighted by Crippen LogP contribution is -1.98. The molecule has 0 aromatic carbocycles. The topological polar surface area (TPSA) is 0 Å². The van der Waals surface area contributed by atoms with Crippen molar-refractivity contribution in [3.63, 3.8) is 0 Å². The predicted molar refractivity (Wildman–Crippen MR) is 35.8 cm³/mol. The molecule has 0 N–H and O–H groups in total. The highest BCUT2D eigenvalue weighted by Crippen LogP contribution is 2.08. The first-order chi connectivity index (χ1) is 3.06. The van der Waals surface area contributed by atoms with Crippen molar-refractivity contribution in [2.75, 3.05) is 0 Å². The average Bonchev–Trinajstić information content (AvgIpc) is 1.30. The van der Waals surface area contributed by atoms with E-state index in [4.69, 9.17) is 0 Å². The van der Waals surface area contributed by atoms with Crippen molar-refractivity contribution in [2.24, 2.45) is 5.41 Å². The monoisotopic (exact) mass is 94.1 g/mol. The van der Waals surface area contributed by atoms with Crippen LogP contribution in [-0.2, 0) is 0 Å². The molecule has 0 bridgehead atoms. The van der Waals surface area contributed by atoms with E-state index in [1.165, 1.54) is 0 Å². The van der Waals surface area contributed by atoms with Gasteiger partial charge in [-0.25, -0.2) is 0 Å². The van der Waals surface area contributed by atoms with Crippen LogP contribution in [0.4, 0.5) is 0 Å². The summed E-state index contributed by atoms with van der Waals surface area (Å²) in [6.07, 6.45) is 0. The third kappa shape index (κ3) is 5.62. The van der Waals surface area contributed by atoms with Crippen molar-refractivity contribution in [1.82, 2.24) is 0 Å². The molecule has 0 spiro atoms. The average molecular weight is 94.0 g/mol. The molecule has 0 rings (SSSR count). The van der Waals surface area contributed by atoms with E-state index < -0.39 is 0 Å². The quantitative estimate of drug-likeness (QED) is 0.305. The minimum atomic E-state index is 0.189. The van der Waals surface area contributed by atoms with Gasteiger partial charge >= 0.3 is 0 Å². The zero-order chi connectivity index (χ0) is 5.91. The molecule has 0 unspecified atom stereocenters. The van der Waals surface area contributed by atoms with Crippen LogP contribution in [0.3, 0.4) is 0 Å². The summed E-state index contributed by atoms with van der Waals surface area (Å²) >= 11 is 0. The van der Waals surface area contributed by atoms with Gasteiger partial charge in [-0.3, -0.25) is 0 Å². The lowest BCUT2D eigenvalue weighted by atomic mass is 9.96. The zero-order valence-electron chi connectivity index (χ0n) is 5.50. The zero-order valence-corrected chi connectivity index (χ0v) is 5.50. The Balaban J connectivity index is 3.72. The highest BCUT2D eigenvalue weighted by molar-refractivity contribution is 6.22. The van der Waals surface area contributed by atoms with Gasteiger partial charge in [0.2, 0.25) is 0 Å². The Morgan fingerprint density at radius 2 is 1.71 bits per heavy atom. The molecular formula is C6H11B. The molecule has 0 nitrogen and oxygen atoms in total. The van der Waals surface area contributed by atoms with E-state index in [0.717, 1.165) is 0 Å². The Morgan fingerprint density at radius 1 is 1.29 bits per heavy atom. The molecule has 0 saturated carbocycles. The molecule has 0 fully saturated rings. The van der Waals surface area contributed by atoms with Crippen molar-refractivity contribution in [3.8, 4) is 11.7 Å². The largest absolute Gasteiger partial charge is 0.195 e. The molecule has 0 heterocycles. The molecule has 0 amide bonds. The Hall–Kier alpha value is -0.375. The molecule has 0 aliphatic heterocycles. The van der Waals surface area contributed by atoms with Gasteiger partial charge in [0.05, 0.1) is 0 Å². The summed E-state index contributed by atoms with van der Waals surface area (Å²) in [4.78, 5) is 0. The minimum Gasteiger partial charge on any atom is -0.165 e. The Morgan fingerprint density at radius 3 is 1.71 bits per heavy atom. The summed E-state index contributed by atoms with van der Waals surface area (Å²) in [7, 11) is 1.87. The first-order valence-corrected chi connectivity index (χ1v) is 2.50. The van der Waals surface area contributed by atoms with Crippen LogP contribution in [0.15, 0.2) is 0 Å². The lowest BCUT2D eigenvalue weighted by molar-refractivity contribution is 0.571. The van der Waals surface area contributed by atoms with Gasteiger partial charge in [-0.15, -0.1) is 5.92 Å². The molecule has 0 saturated heterocycles. The Kier molecular flexibility index (Phi) is 1.96. The SMILES string of the molecule is BC#CC(C)(C)C. The fraction of sp³-hybridized carbons (Fsp3) is 0.667. The number of hydrogen-bond acceptors (Lipinski definition) is 0. The third-order valence-electron chi connectivity index (χ3n) is 0.500. The summed E-state index contributed by atoms with van der Waals surface area (Å²) in [5, 5.41) is 0. The van der Waals surface area contributed by atoms with Gasteiger partial charge in [0.15, 0.2) is 7.85 Å². The van der Waals surface area contributed by atoms with E-state index in [2.05, 4.69) is 32.5 Å². The van der Waals surface area contributed by atoms with Crippen LogP contribution in [0.5, 0.6) is 0 Å². The van der Waals surface area contributed by atoms with Crippen molar-refractivity contribution < 1.29 is 0 Å². The highest BCUT2D eigenvalue weighted by Gasteiger charge is 2.01. The van der Waals surface area contributed by atoms with Gasteiger partial charge in [-0.05, 0) is 20.8 Å². The molecule has 0 radical (unpaired) electrons. The minimum absolute atomic E-state index is 0.189. The van der Waals surface area contributed by atoms with Crippen molar-refractivity contribution >= 4 is 7.85 Å².